The first-order chi connectivity index (χ1) is 12.3. The van der Waals surface area contributed by atoms with Gasteiger partial charge in [0.05, 0.1) is 6.20 Å². The first-order valence-electron chi connectivity index (χ1n) is 7.90. The van der Waals surface area contributed by atoms with E-state index in [-0.39, 0.29) is 17.6 Å². The SMILES string of the molecule is CC(C)c1cc(C(=O)Nc2ncc(F)s2)n(Cc2ccc(F)c(F)c2)c1. The maximum Gasteiger partial charge on any atom is 0.274 e. The molecule has 0 aliphatic carbocycles. The van der Waals surface area contributed by atoms with Crippen LogP contribution in [-0.4, -0.2) is 15.5 Å². The van der Waals surface area contributed by atoms with Crippen LogP contribution in [0.15, 0.2) is 36.7 Å². The lowest BCUT2D eigenvalue weighted by molar-refractivity contribution is 0.101. The molecule has 3 rings (SSSR count). The number of nitrogens with one attached hydrogen (secondary N) is 1. The second kappa shape index (κ2) is 7.33. The van der Waals surface area contributed by atoms with Gasteiger partial charge in [0.1, 0.15) is 5.69 Å². The zero-order valence-corrected chi connectivity index (χ0v) is 14.9. The number of nitrogens with zero attached hydrogens (tertiary/aromatic N) is 2. The Bertz CT molecular complexity index is 949. The molecule has 0 bridgehead atoms. The van der Waals surface area contributed by atoms with Gasteiger partial charge in [0.2, 0.25) is 0 Å². The maximum absolute atomic E-state index is 13.5. The van der Waals surface area contributed by atoms with Gasteiger partial charge in [-0.1, -0.05) is 31.3 Å². The fourth-order valence-electron chi connectivity index (χ4n) is 2.48. The molecule has 1 aromatic carbocycles. The Morgan fingerprint density at radius 3 is 2.62 bits per heavy atom. The third kappa shape index (κ3) is 3.96. The highest BCUT2D eigenvalue weighted by atomic mass is 32.1. The number of benzene rings is 1. The minimum absolute atomic E-state index is 0.152. The Labute approximate surface area is 152 Å². The van der Waals surface area contributed by atoms with Gasteiger partial charge in [0.25, 0.3) is 5.91 Å². The van der Waals surface area contributed by atoms with Crippen LogP contribution in [0, 0.1) is 16.8 Å². The van der Waals surface area contributed by atoms with Gasteiger partial charge in [0.15, 0.2) is 21.9 Å². The van der Waals surface area contributed by atoms with Gasteiger partial charge in [-0.3, -0.25) is 10.1 Å². The van der Waals surface area contributed by atoms with Crippen molar-refractivity contribution < 1.29 is 18.0 Å². The third-order valence-corrected chi connectivity index (χ3v) is 4.55. The van der Waals surface area contributed by atoms with Crippen LogP contribution in [0.25, 0.3) is 0 Å². The second-order valence-electron chi connectivity index (χ2n) is 6.11. The number of amides is 1. The van der Waals surface area contributed by atoms with Crippen LogP contribution in [0.1, 0.15) is 41.4 Å². The normalized spacial score (nSPS) is 11.2. The quantitative estimate of drug-likeness (QED) is 0.693. The lowest BCUT2D eigenvalue weighted by atomic mass is 10.1. The van der Waals surface area contributed by atoms with Crippen LogP contribution >= 0.6 is 11.3 Å². The Balaban J connectivity index is 1.90. The lowest BCUT2D eigenvalue weighted by Crippen LogP contribution is -2.17. The van der Waals surface area contributed by atoms with Crippen molar-refractivity contribution in [1.82, 2.24) is 9.55 Å². The van der Waals surface area contributed by atoms with E-state index in [2.05, 4.69) is 10.3 Å². The largest absolute Gasteiger partial charge is 0.339 e. The van der Waals surface area contributed by atoms with E-state index in [1.807, 2.05) is 13.8 Å². The number of hydrogen-bond acceptors (Lipinski definition) is 3. The molecule has 2 heterocycles. The van der Waals surface area contributed by atoms with E-state index in [4.69, 9.17) is 0 Å². The third-order valence-electron chi connectivity index (χ3n) is 3.85. The summed E-state index contributed by atoms with van der Waals surface area (Å²) in [4.78, 5) is 16.3. The monoisotopic (exact) mass is 379 g/mol. The molecule has 0 saturated carbocycles. The Kier molecular flexibility index (Phi) is 5.13. The van der Waals surface area contributed by atoms with Gasteiger partial charge in [-0.15, -0.1) is 0 Å². The van der Waals surface area contributed by atoms with E-state index in [0.717, 1.165) is 35.2 Å². The Hall–Kier alpha value is -2.61. The molecule has 0 spiro atoms. The summed E-state index contributed by atoms with van der Waals surface area (Å²) in [5, 5.41) is 2.20. The number of anilines is 1. The number of hydrogen-bond donors (Lipinski definition) is 1. The average Bonchev–Trinajstić information content (AvgIpc) is 3.17. The summed E-state index contributed by atoms with van der Waals surface area (Å²) in [6.45, 7) is 4.16. The predicted octanol–water partition coefficient (Wildman–Crippen LogP) is 4.79. The van der Waals surface area contributed by atoms with Crippen molar-refractivity contribution in [3.63, 3.8) is 0 Å². The molecular formula is C18H16F3N3OS. The minimum atomic E-state index is -0.942. The van der Waals surface area contributed by atoms with Crippen molar-refractivity contribution in [1.29, 1.82) is 0 Å². The number of carbonyl (C=O) groups is 1. The molecule has 1 amide bonds. The number of aromatic nitrogens is 2. The standard InChI is InChI=1S/C18H16F3N3OS/c1-10(2)12-6-15(17(25)23-18-22-7-16(21)26-18)24(9-12)8-11-3-4-13(19)14(20)5-11/h3-7,9-10H,8H2,1-2H3,(H,22,23,25). The number of rotatable bonds is 5. The maximum atomic E-state index is 13.5. The van der Waals surface area contributed by atoms with Crippen LogP contribution in [0.4, 0.5) is 18.3 Å². The summed E-state index contributed by atoms with van der Waals surface area (Å²) >= 11 is 0.727. The van der Waals surface area contributed by atoms with E-state index in [1.165, 1.54) is 6.07 Å². The van der Waals surface area contributed by atoms with Crippen molar-refractivity contribution >= 4 is 22.4 Å². The second-order valence-corrected chi connectivity index (χ2v) is 7.09. The molecule has 136 valence electrons. The van der Waals surface area contributed by atoms with Crippen molar-refractivity contribution in [3.05, 3.63) is 70.2 Å². The fourth-order valence-corrected chi connectivity index (χ4v) is 3.02. The molecule has 2 aromatic heterocycles. The first-order valence-corrected chi connectivity index (χ1v) is 8.72. The molecular weight excluding hydrogens is 363 g/mol. The zero-order chi connectivity index (χ0) is 18.8. The molecule has 0 atom stereocenters. The Morgan fingerprint density at radius 1 is 1.23 bits per heavy atom. The number of halogens is 3. The summed E-state index contributed by atoms with van der Waals surface area (Å²) in [5.74, 6) is -2.14. The van der Waals surface area contributed by atoms with Crippen molar-refractivity contribution in [2.45, 2.75) is 26.3 Å². The molecule has 0 fully saturated rings. The molecule has 1 N–H and O–H groups in total. The number of carbonyl (C=O) groups excluding carboxylic acids is 1. The van der Waals surface area contributed by atoms with Crippen LogP contribution < -0.4 is 5.32 Å². The van der Waals surface area contributed by atoms with Crippen molar-refractivity contribution in [3.8, 4) is 0 Å². The molecule has 4 nitrogen and oxygen atoms in total. The summed E-state index contributed by atoms with van der Waals surface area (Å²) in [5.41, 5.74) is 1.77. The molecule has 0 radical (unpaired) electrons. The molecule has 0 saturated heterocycles. The van der Waals surface area contributed by atoms with Crippen LogP contribution in [0.3, 0.4) is 0 Å². The molecule has 3 aromatic rings. The summed E-state index contributed by atoms with van der Waals surface area (Å²) in [6, 6.07) is 5.34. The molecule has 0 aliphatic rings. The molecule has 8 heteroatoms. The highest BCUT2D eigenvalue weighted by Crippen LogP contribution is 2.22. The fraction of sp³-hybridized carbons (Fsp3) is 0.222. The van der Waals surface area contributed by atoms with Crippen molar-refractivity contribution in [2.75, 3.05) is 5.32 Å². The van der Waals surface area contributed by atoms with Gasteiger partial charge >= 0.3 is 0 Å². The highest BCUT2D eigenvalue weighted by molar-refractivity contribution is 7.14. The van der Waals surface area contributed by atoms with E-state index in [0.29, 0.717) is 11.3 Å². The van der Waals surface area contributed by atoms with Crippen molar-refractivity contribution in [2.24, 2.45) is 0 Å². The number of thiazole rings is 1. The van der Waals surface area contributed by atoms with Crippen LogP contribution in [-0.2, 0) is 6.54 Å². The molecule has 0 unspecified atom stereocenters. The summed E-state index contributed by atoms with van der Waals surface area (Å²) in [7, 11) is 0. The van der Waals surface area contributed by atoms with E-state index in [1.54, 1.807) is 16.8 Å². The van der Waals surface area contributed by atoms with E-state index in [9.17, 15) is 18.0 Å². The van der Waals surface area contributed by atoms with Gasteiger partial charge in [-0.05, 0) is 35.2 Å². The van der Waals surface area contributed by atoms with E-state index < -0.39 is 22.7 Å². The predicted molar refractivity (Wildman–Crippen MR) is 94.0 cm³/mol. The topological polar surface area (TPSA) is 46.9 Å². The molecule has 26 heavy (non-hydrogen) atoms. The highest BCUT2D eigenvalue weighted by Gasteiger charge is 2.17. The smallest absolute Gasteiger partial charge is 0.274 e. The first kappa shape index (κ1) is 18.2. The minimum Gasteiger partial charge on any atom is -0.339 e. The van der Waals surface area contributed by atoms with Crippen LogP contribution in [0.2, 0.25) is 0 Å². The molecule has 0 aliphatic heterocycles. The van der Waals surface area contributed by atoms with Gasteiger partial charge in [-0.25, -0.2) is 13.8 Å². The summed E-state index contributed by atoms with van der Waals surface area (Å²) < 4.78 is 41.3. The van der Waals surface area contributed by atoms with E-state index >= 15 is 0 Å². The summed E-state index contributed by atoms with van der Waals surface area (Å²) in [6.07, 6.45) is 2.82. The van der Waals surface area contributed by atoms with Crippen LogP contribution in [0.5, 0.6) is 0 Å². The Morgan fingerprint density at radius 2 is 2.00 bits per heavy atom. The zero-order valence-electron chi connectivity index (χ0n) is 14.1. The lowest BCUT2D eigenvalue weighted by Gasteiger charge is -2.09. The van der Waals surface area contributed by atoms with Gasteiger partial charge in [0, 0.05) is 12.7 Å². The average molecular weight is 379 g/mol. The van der Waals surface area contributed by atoms with Gasteiger partial charge < -0.3 is 4.57 Å². The van der Waals surface area contributed by atoms with Gasteiger partial charge in [-0.2, -0.15) is 4.39 Å².